The van der Waals surface area contributed by atoms with Crippen molar-refractivity contribution < 1.29 is 24.2 Å². The van der Waals surface area contributed by atoms with Crippen molar-refractivity contribution in [1.82, 2.24) is 9.88 Å². The van der Waals surface area contributed by atoms with Crippen molar-refractivity contribution in [3.63, 3.8) is 0 Å². The summed E-state index contributed by atoms with van der Waals surface area (Å²) in [6, 6.07) is 11.3. The summed E-state index contributed by atoms with van der Waals surface area (Å²) in [4.78, 5) is 36.5. The Balaban J connectivity index is 1.82. The van der Waals surface area contributed by atoms with Crippen LogP contribution in [0.3, 0.4) is 0 Å². The summed E-state index contributed by atoms with van der Waals surface area (Å²) in [6.07, 6.45) is 0.832. The minimum absolute atomic E-state index is 0.0972. The highest BCUT2D eigenvalue weighted by Crippen LogP contribution is 2.21. The first-order valence-corrected chi connectivity index (χ1v) is 9.83. The largest absolute Gasteiger partial charge is 0.505 e. The molecule has 1 aromatic heterocycles. The van der Waals surface area contributed by atoms with E-state index in [0.717, 1.165) is 6.07 Å². The van der Waals surface area contributed by atoms with Crippen LogP contribution in [0.1, 0.15) is 23.6 Å². The van der Waals surface area contributed by atoms with Gasteiger partial charge in [-0.15, -0.1) is 0 Å². The number of aliphatic carboxylic acids is 1. The summed E-state index contributed by atoms with van der Waals surface area (Å²) in [5.41, 5.74) is -0.202. The van der Waals surface area contributed by atoms with Gasteiger partial charge in [-0.3, -0.25) is 9.59 Å². The van der Waals surface area contributed by atoms with E-state index in [1.807, 2.05) is 0 Å². The van der Waals surface area contributed by atoms with Crippen LogP contribution in [0.25, 0.3) is 0 Å². The molecule has 3 aromatic rings. The predicted octanol–water partition coefficient (Wildman–Crippen LogP) is 3.73. The number of benzene rings is 2. The molecule has 0 aliphatic rings. The zero-order chi connectivity index (χ0) is 23.3. The molecular weight excluding hydrogens is 441 g/mol. The Hall–Kier alpha value is -3.85. The Bertz CT molecular complexity index is 1210. The topological polar surface area (TPSA) is 121 Å². The highest BCUT2D eigenvalue weighted by atomic mass is 35.5. The van der Waals surface area contributed by atoms with Crippen LogP contribution in [0.2, 0.25) is 5.02 Å². The van der Waals surface area contributed by atoms with Crippen molar-refractivity contribution in [3.8, 4) is 5.75 Å². The van der Waals surface area contributed by atoms with Gasteiger partial charge in [0.25, 0.3) is 5.56 Å². The number of carboxylic acid groups (broad SMARTS) is 1. The lowest BCUT2D eigenvalue weighted by molar-refractivity contribution is -0.137. The maximum atomic E-state index is 13.5. The number of pyridine rings is 1. The zero-order valence-corrected chi connectivity index (χ0v) is 17.3. The van der Waals surface area contributed by atoms with Crippen molar-refractivity contribution in [1.29, 1.82) is 0 Å². The van der Waals surface area contributed by atoms with Crippen molar-refractivity contribution in [2.24, 2.45) is 0 Å². The summed E-state index contributed by atoms with van der Waals surface area (Å²) in [5.74, 6) is -2.28. The number of nitrogens with one attached hydrogen (secondary N) is 2. The number of nitrogens with zero attached hydrogens (tertiary/aromatic N) is 1. The number of rotatable bonds is 7. The molecule has 1 atom stereocenters. The Morgan fingerprint density at radius 3 is 2.56 bits per heavy atom. The number of aromatic hydroxyl groups is 1. The highest BCUT2D eigenvalue weighted by molar-refractivity contribution is 6.31. The molecule has 0 radical (unpaired) electrons. The fourth-order valence-corrected chi connectivity index (χ4v) is 3.27. The maximum absolute atomic E-state index is 13.5. The maximum Gasteiger partial charge on any atom is 0.319 e. The lowest BCUT2D eigenvalue weighted by atomic mass is 10.0. The van der Waals surface area contributed by atoms with Gasteiger partial charge in [0.15, 0.2) is 5.69 Å². The van der Waals surface area contributed by atoms with Gasteiger partial charge in [-0.05, 0) is 35.4 Å². The first kappa shape index (κ1) is 22.8. The molecule has 0 aliphatic heterocycles. The van der Waals surface area contributed by atoms with Crippen molar-refractivity contribution in [2.75, 3.05) is 5.32 Å². The van der Waals surface area contributed by atoms with E-state index in [4.69, 9.17) is 16.7 Å². The third-order valence-electron chi connectivity index (χ3n) is 4.62. The zero-order valence-electron chi connectivity index (χ0n) is 16.6. The van der Waals surface area contributed by atoms with Gasteiger partial charge in [-0.2, -0.15) is 0 Å². The number of hydrogen-bond donors (Lipinski definition) is 4. The molecule has 0 aliphatic carbocycles. The highest BCUT2D eigenvalue weighted by Gasteiger charge is 2.20. The van der Waals surface area contributed by atoms with Gasteiger partial charge in [0.1, 0.15) is 11.6 Å². The second-order valence-electron chi connectivity index (χ2n) is 6.90. The van der Waals surface area contributed by atoms with Crippen LogP contribution >= 0.6 is 11.6 Å². The van der Waals surface area contributed by atoms with Crippen LogP contribution in [-0.4, -0.2) is 26.8 Å². The number of urea groups is 1. The molecule has 166 valence electrons. The third kappa shape index (κ3) is 5.64. The minimum atomic E-state index is -1.22. The monoisotopic (exact) mass is 459 g/mol. The SMILES string of the molecule is O=C(O)C[C@H](NC(=O)Nc1c(O)ccn(Cc2ccccc2Cl)c1=O)c1cccc(F)c1. The van der Waals surface area contributed by atoms with E-state index in [1.54, 1.807) is 24.3 Å². The number of anilines is 1. The van der Waals surface area contributed by atoms with E-state index in [2.05, 4.69) is 10.6 Å². The van der Waals surface area contributed by atoms with Crippen LogP contribution in [0.15, 0.2) is 65.6 Å². The average Bonchev–Trinajstić information content (AvgIpc) is 2.74. The van der Waals surface area contributed by atoms with Crippen LogP contribution < -0.4 is 16.2 Å². The summed E-state index contributed by atoms with van der Waals surface area (Å²) in [5, 5.41) is 24.3. The fourth-order valence-electron chi connectivity index (χ4n) is 3.07. The molecule has 1 heterocycles. The molecule has 3 rings (SSSR count). The molecule has 8 nitrogen and oxygen atoms in total. The molecule has 10 heteroatoms. The molecule has 2 aromatic carbocycles. The molecule has 2 amide bonds. The molecule has 0 bridgehead atoms. The molecule has 0 saturated carbocycles. The Kier molecular flexibility index (Phi) is 7.11. The Labute approximate surface area is 186 Å². The number of carbonyl (C=O) groups excluding carboxylic acids is 1. The number of carbonyl (C=O) groups is 2. The van der Waals surface area contributed by atoms with Crippen LogP contribution in [0.5, 0.6) is 5.75 Å². The van der Waals surface area contributed by atoms with Gasteiger partial charge in [0.05, 0.1) is 19.0 Å². The number of amides is 2. The normalized spacial score (nSPS) is 11.6. The van der Waals surface area contributed by atoms with Crippen molar-refractivity contribution in [2.45, 2.75) is 19.0 Å². The standard InChI is InChI=1S/C22H19ClFN3O5/c23-16-7-2-1-4-14(16)12-27-9-8-18(28)20(21(27)31)26-22(32)25-17(11-19(29)30)13-5-3-6-15(24)10-13/h1-10,17,28H,11-12H2,(H,29,30)(H2,25,26,32)/t17-/m0/s1. The number of carboxylic acids is 1. The minimum Gasteiger partial charge on any atom is -0.505 e. The van der Waals surface area contributed by atoms with Gasteiger partial charge < -0.3 is 25.4 Å². The van der Waals surface area contributed by atoms with E-state index in [-0.39, 0.29) is 12.1 Å². The lowest BCUT2D eigenvalue weighted by Gasteiger charge is -2.18. The van der Waals surface area contributed by atoms with Crippen LogP contribution in [0, 0.1) is 5.82 Å². The molecular formula is C22H19ClFN3O5. The van der Waals surface area contributed by atoms with Gasteiger partial charge in [-0.1, -0.05) is 41.9 Å². The summed E-state index contributed by atoms with van der Waals surface area (Å²) in [7, 11) is 0. The van der Waals surface area contributed by atoms with Crippen molar-refractivity contribution >= 4 is 29.3 Å². The Morgan fingerprint density at radius 2 is 1.88 bits per heavy atom. The van der Waals surface area contributed by atoms with E-state index in [9.17, 15) is 23.9 Å². The van der Waals surface area contributed by atoms with Gasteiger partial charge in [-0.25, -0.2) is 9.18 Å². The summed E-state index contributed by atoms with van der Waals surface area (Å²) >= 11 is 6.13. The van der Waals surface area contributed by atoms with E-state index >= 15 is 0 Å². The van der Waals surface area contributed by atoms with Crippen molar-refractivity contribution in [3.05, 3.63) is 93.1 Å². The van der Waals surface area contributed by atoms with E-state index < -0.39 is 47.3 Å². The number of hydrogen-bond acceptors (Lipinski definition) is 4. The molecule has 0 unspecified atom stereocenters. The van der Waals surface area contributed by atoms with Gasteiger partial charge >= 0.3 is 12.0 Å². The first-order valence-electron chi connectivity index (χ1n) is 9.45. The molecule has 0 spiro atoms. The van der Waals surface area contributed by atoms with Crippen LogP contribution in [0.4, 0.5) is 14.9 Å². The summed E-state index contributed by atoms with van der Waals surface area (Å²) < 4.78 is 14.8. The second kappa shape index (κ2) is 9.97. The molecule has 32 heavy (non-hydrogen) atoms. The lowest BCUT2D eigenvalue weighted by Crippen LogP contribution is -2.36. The first-order chi connectivity index (χ1) is 15.2. The average molecular weight is 460 g/mol. The number of halogens is 2. The smallest absolute Gasteiger partial charge is 0.319 e. The molecule has 0 fully saturated rings. The second-order valence-corrected chi connectivity index (χ2v) is 7.31. The predicted molar refractivity (Wildman–Crippen MR) is 116 cm³/mol. The third-order valence-corrected chi connectivity index (χ3v) is 4.98. The van der Waals surface area contributed by atoms with E-state index in [1.165, 1.54) is 35.0 Å². The number of aromatic nitrogens is 1. The quantitative estimate of drug-likeness (QED) is 0.429. The van der Waals surface area contributed by atoms with Gasteiger partial charge in [0, 0.05) is 11.2 Å². The fraction of sp³-hybridized carbons (Fsp3) is 0.136. The molecule has 0 saturated heterocycles. The summed E-state index contributed by atoms with van der Waals surface area (Å²) in [6.45, 7) is 0.0972. The Morgan fingerprint density at radius 1 is 1.12 bits per heavy atom. The van der Waals surface area contributed by atoms with Gasteiger partial charge in [0.2, 0.25) is 0 Å². The molecule has 4 N–H and O–H groups in total. The van der Waals surface area contributed by atoms with Crippen LogP contribution in [-0.2, 0) is 11.3 Å². The van der Waals surface area contributed by atoms with E-state index in [0.29, 0.717) is 10.6 Å².